The third-order valence-electron chi connectivity index (χ3n) is 2.64. The van der Waals surface area contributed by atoms with E-state index in [2.05, 4.69) is 0 Å². The quantitative estimate of drug-likeness (QED) is 0.707. The number of β-amino-alcohol motifs (C(OH)–C–C–N with tert-alkyl or cyclic N) is 2. The predicted molar refractivity (Wildman–Crippen MR) is 54.3 cm³/mol. The van der Waals surface area contributed by atoms with Crippen molar-refractivity contribution in [3.05, 3.63) is 35.6 Å². The van der Waals surface area contributed by atoms with Crippen molar-refractivity contribution in [1.29, 1.82) is 0 Å². The lowest BCUT2D eigenvalue weighted by Gasteiger charge is -2.15. The molecule has 4 nitrogen and oxygen atoms in total. The van der Waals surface area contributed by atoms with Crippen molar-refractivity contribution in [2.24, 2.45) is 0 Å². The highest BCUT2D eigenvalue weighted by Gasteiger charge is 2.32. The Morgan fingerprint density at radius 2 is 1.69 bits per heavy atom. The van der Waals surface area contributed by atoms with E-state index in [4.69, 9.17) is 0 Å². The number of likely N-dealkylation sites (tertiary alicyclic amines) is 1. The number of carbonyl (C=O) groups excluding carboxylic acids is 1. The van der Waals surface area contributed by atoms with Crippen molar-refractivity contribution < 1.29 is 19.4 Å². The summed E-state index contributed by atoms with van der Waals surface area (Å²) in [6.07, 6.45) is -1.80. The Bertz CT molecular complexity index is 383. The molecule has 2 atom stereocenters. The van der Waals surface area contributed by atoms with Crippen molar-refractivity contribution in [3.63, 3.8) is 0 Å². The number of aliphatic hydroxyl groups is 2. The van der Waals surface area contributed by atoms with E-state index in [1.54, 1.807) is 0 Å². The Labute approximate surface area is 91.9 Å². The third-order valence-corrected chi connectivity index (χ3v) is 2.64. The van der Waals surface area contributed by atoms with Gasteiger partial charge in [0.25, 0.3) is 5.91 Å². The van der Waals surface area contributed by atoms with Gasteiger partial charge in [0.2, 0.25) is 0 Å². The lowest BCUT2D eigenvalue weighted by Crippen LogP contribution is -2.29. The normalized spacial score (nSPS) is 24.8. The number of hydrogen-bond donors (Lipinski definition) is 2. The van der Waals surface area contributed by atoms with Crippen LogP contribution in [0.1, 0.15) is 10.4 Å². The fourth-order valence-electron chi connectivity index (χ4n) is 1.71. The van der Waals surface area contributed by atoms with Crippen molar-refractivity contribution in [2.75, 3.05) is 13.1 Å². The van der Waals surface area contributed by atoms with Crippen LogP contribution in [0.3, 0.4) is 0 Å². The minimum absolute atomic E-state index is 0.109. The number of halogens is 1. The standard InChI is InChI=1S/C11H12FNO3/c12-8-3-1-7(2-4-8)11(16)13-5-9(14)10(15)6-13/h1-4,9-10,14-15H,5-6H2/t9-,10+. The molecule has 16 heavy (non-hydrogen) atoms. The zero-order valence-corrected chi connectivity index (χ0v) is 8.51. The lowest BCUT2D eigenvalue weighted by atomic mass is 10.2. The maximum absolute atomic E-state index is 12.6. The third kappa shape index (κ3) is 2.05. The number of amides is 1. The van der Waals surface area contributed by atoms with Gasteiger partial charge < -0.3 is 15.1 Å². The molecule has 1 heterocycles. The van der Waals surface area contributed by atoms with Gasteiger partial charge in [-0.2, -0.15) is 0 Å². The first-order valence-electron chi connectivity index (χ1n) is 4.99. The van der Waals surface area contributed by atoms with Gasteiger partial charge in [0.15, 0.2) is 0 Å². The summed E-state index contributed by atoms with van der Waals surface area (Å²) in [5, 5.41) is 18.6. The molecule has 5 heteroatoms. The number of rotatable bonds is 1. The van der Waals surface area contributed by atoms with Crippen LogP contribution >= 0.6 is 0 Å². The largest absolute Gasteiger partial charge is 0.388 e. The predicted octanol–water partition coefficient (Wildman–Crippen LogP) is 0.00330. The van der Waals surface area contributed by atoms with Crippen LogP contribution in [-0.4, -0.2) is 46.3 Å². The van der Waals surface area contributed by atoms with Crippen molar-refractivity contribution in [2.45, 2.75) is 12.2 Å². The van der Waals surface area contributed by atoms with Crippen molar-refractivity contribution >= 4 is 5.91 Å². The Morgan fingerprint density at radius 1 is 1.19 bits per heavy atom. The highest BCUT2D eigenvalue weighted by Crippen LogP contribution is 2.14. The Morgan fingerprint density at radius 3 is 2.19 bits per heavy atom. The van der Waals surface area contributed by atoms with Crippen LogP contribution in [0.2, 0.25) is 0 Å². The summed E-state index contributed by atoms with van der Waals surface area (Å²) >= 11 is 0. The van der Waals surface area contributed by atoms with Crippen LogP contribution in [0, 0.1) is 5.82 Å². The van der Waals surface area contributed by atoms with E-state index in [0.29, 0.717) is 5.56 Å². The minimum atomic E-state index is -0.899. The molecule has 0 saturated carbocycles. The molecular weight excluding hydrogens is 213 g/mol. The van der Waals surface area contributed by atoms with Gasteiger partial charge >= 0.3 is 0 Å². The molecule has 2 N–H and O–H groups in total. The van der Waals surface area contributed by atoms with E-state index in [0.717, 1.165) is 0 Å². The molecule has 1 aliphatic heterocycles. The topological polar surface area (TPSA) is 60.8 Å². The highest BCUT2D eigenvalue weighted by atomic mass is 19.1. The lowest BCUT2D eigenvalue weighted by molar-refractivity contribution is 0.0572. The maximum Gasteiger partial charge on any atom is 0.254 e. The Balaban J connectivity index is 2.11. The zero-order chi connectivity index (χ0) is 11.7. The van der Waals surface area contributed by atoms with E-state index < -0.39 is 18.0 Å². The average molecular weight is 225 g/mol. The van der Waals surface area contributed by atoms with Crippen molar-refractivity contribution in [3.8, 4) is 0 Å². The summed E-state index contributed by atoms with van der Waals surface area (Å²) in [6, 6.07) is 5.18. The second-order valence-electron chi connectivity index (χ2n) is 3.85. The molecule has 0 aliphatic carbocycles. The first-order valence-corrected chi connectivity index (χ1v) is 4.99. The molecule has 1 aromatic carbocycles. The first kappa shape index (κ1) is 11.0. The molecule has 0 radical (unpaired) electrons. The van der Waals surface area contributed by atoms with E-state index in [-0.39, 0.29) is 19.0 Å². The summed E-state index contributed by atoms with van der Waals surface area (Å²) in [4.78, 5) is 13.2. The molecule has 1 aromatic rings. The molecule has 1 aliphatic rings. The van der Waals surface area contributed by atoms with Crippen LogP contribution in [0.4, 0.5) is 4.39 Å². The second kappa shape index (κ2) is 4.19. The van der Waals surface area contributed by atoms with Gasteiger partial charge in [-0.1, -0.05) is 0 Å². The summed E-state index contributed by atoms with van der Waals surface area (Å²) in [7, 11) is 0. The molecular formula is C11H12FNO3. The Kier molecular flexibility index (Phi) is 2.89. The number of aliphatic hydroxyl groups excluding tert-OH is 2. The van der Waals surface area contributed by atoms with Gasteiger partial charge in [-0.15, -0.1) is 0 Å². The van der Waals surface area contributed by atoms with Crippen LogP contribution in [0.5, 0.6) is 0 Å². The van der Waals surface area contributed by atoms with Crippen LogP contribution in [-0.2, 0) is 0 Å². The van der Waals surface area contributed by atoms with Gasteiger partial charge in [-0.3, -0.25) is 4.79 Å². The molecule has 0 unspecified atom stereocenters. The molecule has 0 bridgehead atoms. The van der Waals surface area contributed by atoms with Gasteiger partial charge in [-0.05, 0) is 24.3 Å². The zero-order valence-electron chi connectivity index (χ0n) is 8.51. The van der Waals surface area contributed by atoms with Gasteiger partial charge in [-0.25, -0.2) is 4.39 Å². The molecule has 0 aromatic heterocycles. The average Bonchev–Trinajstić information content (AvgIpc) is 2.59. The molecule has 1 fully saturated rings. The highest BCUT2D eigenvalue weighted by molar-refractivity contribution is 5.94. The monoisotopic (exact) mass is 225 g/mol. The fourth-order valence-corrected chi connectivity index (χ4v) is 1.71. The van der Waals surface area contributed by atoms with Crippen molar-refractivity contribution in [1.82, 2.24) is 4.90 Å². The summed E-state index contributed by atoms with van der Waals surface area (Å²) in [5.41, 5.74) is 0.350. The SMILES string of the molecule is O=C(c1ccc(F)cc1)N1C[C@@H](O)[C@@H](O)C1. The van der Waals surface area contributed by atoms with Crippen LogP contribution in [0.15, 0.2) is 24.3 Å². The summed E-state index contributed by atoms with van der Waals surface area (Å²) in [5.74, 6) is -0.714. The van der Waals surface area contributed by atoms with Gasteiger partial charge in [0.05, 0.1) is 12.2 Å². The first-order chi connectivity index (χ1) is 7.58. The number of benzene rings is 1. The molecule has 2 rings (SSSR count). The molecule has 0 spiro atoms. The number of hydrogen-bond acceptors (Lipinski definition) is 3. The number of nitrogens with zero attached hydrogens (tertiary/aromatic N) is 1. The van der Waals surface area contributed by atoms with E-state index >= 15 is 0 Å². The van der Waals surface area contributed by atoms with E-state index in [1.165, 1.54) is 29.2 Å². The molecule has 1 amide bonds. The smallest absolute Gasteiger partial charge is 0.254 e. The van der Waals surface area contributed by atoms with Gasteiger partial charge in [0.1, 0.15) is 5.82 Å². The second-order valence-corrected chi connectivity index (χ2v) is 3.85. The summed E-state index contributed by atoms with van der Waals surface area (Å²) in [6.45, 7) is 0.217. The van der Waals surface area contributed by atoms with E-state index in [9.17, 15) is 19.4 Å². The number of carbonyl (C=O) groups is 1. The van der Waals surface area contributed by atoms with Crippen LogP contribution in [0.25, 0.3) is 0 Å². The minimum Gasteiger partial charge on any atom is -0.388 e. The maximum atomic E-state index is 12.6. The van der Waals surface area contributed by atoms with E-state index in [1.807, 2.05) is 0 Å². The summed E-state index contributed by atoms with van der Waals surface area (Å²) < 4.78 is 12.6. The molecule has 1 saturated heterocycles. The van der Waals surface area contributed by atoms with Crippen LogP contribution < -0.4 is 0 Å². The molecule has 86 valence electrons. The fraction of sp³-hybridized carbons (Fsp3) is 0.364. The van der Waals surface area contributed by atoms with Gasteiger partial charge in [0, 0.05) is 18.7 Å². The Hall–Kier alpha value is -1.46.